The molecule has 9 nitrogen and oxygen atoms in total. The number of methoxy groups -OCH3 is 1. The van der Waals surface area contributed by atoms with Crippen molar-refractivity contribution in [2.75, 3.05) is 26.7 Å². The van der Waals surface area contributed by atoms with Crippen molar-refractivity contribution in [1.82, 2.24) is 29.4 Å². The molecule has 0 aliphatic carbocycles. The molecule has 2 aromatic heterocycles. The maximum atomic E-state index is 13.6. The Morgan fingerprint density at radius 3 is 2.83 bits per heavy atom. The Balaban J connectivity index is 1.45. The Kier molecular flexibility index (Phi) is 7.11. The van der Waals surface area contributed by atoms with Gasteiger partial charge >= 0.3 is 0 Å². The quantitative estimate of drug-likeness (QED) is 0.546. The fraction of sp³-hybridized carbons (Fsp3) is 0.519. The van der Waals surface area contributed by atoms with Crippen LogP contribution in [0.2, 0.25) is 0 Å². The molecule has 9 heteroatoms. The van der Waals surface area contributed by atoms with Crippen molar-refractivity contribution in [2.45, 2.75) is 65.4 Å². The van der Waals surface area contributed by atoms with Gasteiger partial charge in [0.05, 0.1) is 25.5 Å². The molecule has 3 aromatic rings. The number of carbonyl (C=O) groups excluding carboxylic acids is 1. The van der Waals surface area contributed by atoms with Crippen LogP contribution in [-0.2, 0) is 32.6 Å². The van der Waals surface area contributed by atoms with E-state index in [-0.39, 0.29) is 5.91 Å². The van der Waals surface area contributed by atoms with Gasteiger partial charge in [-0.2, -0.15) is 10.2 Å². The Labute approximate surface area is 212 Å². The predicted octanol–water partition coefficient (Wildman–Crippen LogP) is 2.62. The van der Waals surface area contributed by atoms with Crippen molar-refractivity contribution in [2.24, 2.45) is 0 Å². The van der Waals surface area contributed by atoms with Gasteiger partial charge in [0, 0.05) is 68.7 Å². The molecule has 0 radical (unpaired) electrons. The van der Waals surface area contributed by atoms with E-state index in [1.807, 2.05) is 27.6 Å². The third kappa shape index (κ3) is 5.03. The summed E-state index contributed by atoms with van der Waals surface area (Å²) in [6.45, 7) is 8.96. The number of nitrogens with zero attached hydrogens (tertiary/aromatic N) is 6. The molecule has 1 atom stereocenters. The highest BCUT2D eigenvalue weighted by atomic mass is 16.5. The van der Waals surface area contributed by atoms with E-state index in [2.05, 4.69) is 36.1 Å². The molecule has 1 fully saturated rings. The zero-order chi connectivity index (χ0) is 25.2. The standard InChI is InChI=1S/C27H36N6O3/c1-4-32-16-21(19(2)28-32)15-30-12-10-25-24(18-30)26(27(35)31-11-6-8-22(34)17-31)29-33(25)14-20-7-5-9-23(13-20)36-3/h5,7,9,13,16,22,34H,4,6,8,10-12,14-15,17-18H2,1-3H3/t22-/m0/s1. The van der Waals surface area contributed by atoms with Gasteiger partial charge in [0.2, 0.25) is 0 Å². The molecular formula is C27H36N6O3. The molecule has 0 spiro atoms. The molecule has 192 valence electrons. The lowest BCUT2D eigenvalue weighted by atomic mass is 10.0. The summed E-state index contributed by atoms with van der Waals surface area (Å²) < 4.78 is 9.37. The van der Waals surface area contributed by atoms with Crippen LogP contribution in [-0.4, -0.2) is 73.2 Å². The monoisotopic (exact) mass is 492 g/mol. The topological polar surface area (TPSA) is 88.7 Å². The molecule has 2 aliphatic rings. The smallest absolute Gasteiger partial charge is 0.274 e. The van der Waals surface area contributed by atoms with Gasteiger partial charge in [0.25, 0.3) is 5.91 Å². The Hall–Kier alpha value is -3.17. The molecule has 1 aromatic carbocycles. The number of ether oxygens (including phenoxy) is 1. The molecule has 0 unspecified atom stereocenters. The van der Waals surface area contributed by atoms with E-state index >= 15 is 0 Å². The number of carbonyl (C=O) groups is 1. The normalized spacial score (nSPS) is 18.3. The number of β-amino-alcohol motifs (C(OH)–C–C–N with tert-alkyl or cyclic N) is 1. The van der Waals surface area contributed by atoms with Crippen LogP contribution in [0.4, 0.5) is 0 Å². The molecule has 0 bridgehead atoms. The zero-order valence-electron chi connectivity index (χ0n) is 21.5. The number of hydrogen-bond donors (Lipinski definition) is 1. The van der Waals surface area contributed by atoms with E-state index in [0.29, 0.717) is 31.9 Å². The van der Waals surface area contributed by atoms with Gasteiger partial charge in [0.15, 0.2) is 5.69 Å². The van der Waals surface area contributed by atoms with Crippen LogP contribution in [0, 0.1) is 6.92 Å². The van der Waals surface area contributed by atoms with E-state index in [0.717, 1.165) is 67.2 Å². The van der Waals surface area contributed by atoms with Crippen LogP contribution in [0.3, 0.4) is 0 Å². The molecule has 4 heterocycles. The van der Waals surface area contributed by atoms with Gasteiger partial charge in [-0.3, -0.25) is 19.1 Å². The number of hydrogen-bond acceptors (Lipinski definition) is 6. The number of rotatable bonds is 7. The summed E-state index contributed by atoms with van der Waals surface area (Å²) in [5.41, 5.74) is 6.00. The number of benzene rings is 1. The summed E-state index contributed by atoms with van der Waals surface area (Å²) in [6, 6.07) is 7.98. The number of aliphatic hydroxyl groups excluding tert-OH is 1. The van der Waals surface area contributed by atoms with Crippen molar-refractivity contribution in [3.05, 3.63) is 64.2 Å². The maximum Gasteiger partial charge on any atom is 0.274 e. The Morgan fingerprint density at radius 1 is 1.22 bits per heavy atom. The fourth-order valence-corrected chi connectivity index (χ4v) is 5.33. The second kappa shape index (κ2) is 10.4. The van der Waals surface area contributed by atoms with E-state index in [9.17, 15) is 9.90 Å². The van der Waals surface area contributed by atoms with Gasteiger partial charge < -0.3 is 14.7 Å². The largest absolute Gasteiger partial charge is 0.497 e. The number of piperidine rings is 1. The summed E-state index contributed by atoms with van der Waals surface area (Å²) in [4.78, 5) is 17.8. The van der Waals surface area contributed by atoms with Gasteiger partial charge in [-0.05, 0) is 44.4 Å². The average molecular weight is 493 g/mol. The number of aliphatic hydroxyl groups is 1. The summed E-state index contributed by atoms with van der Waals surface area (Å²) in [6.07, 6.45) is 4.03. The maximum absolute atomic E-state index is 13.6. The molecule has 0 saturated carbocycles. The first-order valence-electron chi connectivity index (χ1n) is 12.9. The van der Waals surface area contributed by atoms with E-state index < -0.39 is 6.10 Å². The third-order valence-electron chi connectivity index (χ3n) is 7.33. The molecule has 1 N–H and O–H groups in total. The van der Waals surface area contributed by atoms with Crippen LogP contribution >= 0.6 is 0 Å². The summed E-state index contributed by atoms with van der Waals surface area (Å²) >= 11 is 0. The zero-order valence-corrected chi connectivity index (χ0v) is 21.5. The van der Waals surface area contributed by atoms with Crippen LogP contribution < -0.4 is 4.74 Å². The van der Waals surface area contributed by atoms with Gasteiger partial charge in [-0.25, -0.2) is 0 Å². The first kappa shape index (κ1) is 24.5. The number of amides is 1. The second-order valence-electron chi connectivity index (χ2n) is 9.89. The molecular weight excluding hydrogens is 456 g/mol. The Morgan fingerprint density at radius 2 is 2.08 bits per heavy atom. The van der Waals surface area contributed by atoms with E-state index in [1.165, 1.54) is 5.56 Å². The number of fused-ring (bicyclic) bond motifs is 1. The summed E-state index contributed by atoms with van der Waals surface area (Å²) in [5.74, 6) is 0.729. The van der Waals surface area contributed by atoms with Crippen LogP contribution in [0.1, 0.15) is 58.3 Å². The first-order chi connectivity index (χ1) is 17.4. The lowest BCUT2D eigenvalue weighted by Gasteiger charge is -2.31. The van der Waals surface area contributed by atoms with Crippen LogP contribution in [0.5, 0.6) is 5.75 Å². The van der Waals surface area contributed by atoms with Crippen LogP contribution in [0.25, 0.3) is 0 Å². The summed E-state index contributed by atoms with van der Waals surface area (Å²) in [7, 11) is 1.67. The minimum absolute atomic E-state index is 0.0776. The van der Waals surface area contributed by atoms with Crippen molar-refractivity contribution in [3.8, 4) is 5.75 Å². The average Bonchev–Trinajstić information content (AvgIpc) is 3.43. The third-order valence-corrected chi connectivity index (χ3v) is 7.33. The highest BCUT2D eigenvalue weighted by Gasteiger charge is 2.32. The van der Waals surface area contributed by atoms with Gasteiger partial charge in [-0.15, -0.1) is 0 Å². The molecule has 1 amide bonds. The fourth-order valence-electron chi connectivity index (χ4n) is 5.33. The Bertz CT molecular complexity index is 1230. The lowest BCUT2D eigenvalue weighted by molar-refractivity contribution is 0.0466. The molecule has 1 saturated heterocycles. The highest BCUT2D eigenvalue weighted by Crippen LogP contribution is 2.27. The summed E-state index contributed by atoms with van der Waals surface area (Å²) in [5, 5.41) is 19.6. The van der Waals surface area contributed by atoms with Gasteiger partial charge in [0.1, 0.15) is 5.75 Å². The molecule has 36 heavy (non-hydrogen) atoms. The SMILES string of the molecule is CCn1cc(CN2CCc3c(c(C(=O)N4CCC[C@H](O)C4)nn3Cc3cccc(OC)c3)C2)c(C)n1. The van der Waals surface area contributed by atoms with Crippen molar-refractivity contribution >= 4 is 5.91 Å². The second-order valence-corrected chi connectivity index (χ2v) is 9.89. The molecule has 5 rings (SSSR count). The van der Waals surface area contributed by atoms with E-state index in [1.54, 1.807) is 12.0 Å². The van der Waals surface area contributed by atoms with Crippen molar-refractivity contribution in [1.29, 1.82) is 0 Å². The minimum atomic E-state index is -0.466. The van der Waals surface area contributed by atoms with E-state index in [4.69, 9.17) is 9.84 Å². The number of aromatic nitrogens is 4. The number of likely N-dealkylation sites (tertiary alicyclic amines) is 1. The lowest BCUT2D eigenvalue weighted by Crippen LogP contribution is -2.43. The predicted molar refractivity (Wildman–Crippen MR) is 136 cm³/mol. The number of aryl methyl sites for hydroxylation is 2. The van der Waals surface area contributed by atoms with Crippen molar-refractivity contribution in [3.63, 3.8) is 0 Å². The highest BCUT2D eigenvalue weighted by molar-refractivity contribution is 5.94. The minimum Gasteiger partial charge on any atom is -0.497 e. The first-order valence-corrected chi connectivity index (χ1v) is 12.9. The van der Waals surface area contributed by atoms with Crippen LogP contribution in [0.15, 0.2) is 30.5 Å². The van der Waals surface area contributed by atoms with Crippen molar-refractivity contribution < 1.29 is 14.6 Å². The van der Waals surface area contributed by atoms with Gasteiger partial charge in [-0.1, -0.05) is 12.1 Å². The molecule has 2 aliphatic heterocycles.